The molecule has 98 valence electrons. The minimum atomic E-state index is -0.761. The highest BCUT2D eigenvalue weighted by atomic mass is 16.4. The Kier molecular flexibility index (Phi) is 4.93. The van der Waals surface area contributed by atoms with E-state index in [9.17, 15) is 9.59 Å². The van der Waals surface area contributed by atoms with Crippen LogP contribution in [0.5, 0.6) is 0 Å². The molecule has 1 saturated heterocycles. The maximum absolute atomic E-state index is 11.6. The second-order valence-electron chi connectivity index (χ2n) is 5.14. The van der Waals surface area contributed by atoms with Gasteiger partial charge in [0, 0.05) is 12.6 Å². The van der Waals surface area contributed by atoms with Crippen LogP contribution >= 0.6 is 0 Å². The number of nitrogens with zero attached hydrogens (tertiary/aromatic N) is 1. The number of carboxylic acids is 1. The van der Waals surface area contributed by atoms with E-state index in [1.807, 2.05) is 25.7 Å². The first-order chi connectivity index (χ1) is 7.91. The average molecular weight is 242 g/mol. The summed E-state index contributed by atoms with van der Waals surface area (Å²) >= 11 is 0. The van der Waals surface area contributed by atoms with Crippen LogP contribution in [-0.4, -0.2) is 47.6 Å². The van der Waals surface area contributed by atoms with Crippen LogP contribution in [0.15, 0.2) is 0 Å². The van der Waals surface area contributed by atoms with Gasteiger partial charge in [0.15, 0.2) is 0 Å². The topological polar surface area (TPSA) is 69.6 Å². The highest BCUT2D eigenvalue weighted by molar-refractivity contribution is 5.78. The summed E-state index contributed by atoms with van der Waals surface area (Å²) in [6.07, 6.45) is 0.633. The van der Waals surface area contributed by atoms with Gasteiger partial charge in [0.1, 0.15) is 0 Å². The Bertz CT molecular complexity index is 291. The van der Waals surface area contributed by atoms with Crippen molar-refractivity contribution in [3.8, 4) is 0 Å². The molecule has 1 amide bonds. The van der Waals surface area contributed by atoms with Crippen LogP contribution in [0.4, 0.5) is 0 Å². The summed E-state index contributed by atoms with van der Waals surface area (Å²) in [7, 11) is 0. The van der Waals surface area contributed by atoms with Crippen molar-refractivity contribution in [2.75, 3.05) is 19.6 Å². The summed E-state index contributed by atoms with van der Waals surface area (Å²) < 4.78 is 0. The van der Waals surface area contributed by atoms with E-state index in [1.54, 1.807) is 0 Å². The number of likely N-dealkylation sites (tertiary alicyclic amines) is 1. The molecule has 2 unspecified atom stereocenters. The molecular formula is C12H22N2O3. The maximum Gasteiger partial charge on any atom is 0.308 e. The van der Waals surface area contributed by atoms with Crippen LogP contribution in [-0.2, 0) is 9.59 Å². The highest BCUT2D eigenvalue weighted by Crippen LogP contribution is 2.23. The smallest absolute Gasteiger partial charge is 0.308 e. The third-order valence-electron chi connectivity index (χ3n) is 3.26. The van der Waals surface area contributed by atoms with Crippen LogP contribution in [0.3, 0.4) is 0 Å². The Morgan fingerprint density at radius 3 is 2.59 bits per heavy atom. The van der Waals surface area contributed by atoms with Crippen molar-refractivity contribution in [2.24, 2.45) is 11.8 Å². The van der Waals surface area contributed by atoms with Gasteiger partial charge in [-0.1, -0.05) is 13.8 Å². The highest BCUT2D eigenvalue weighted by Gasteiger charge is 2.36. The molecule has 5 heteroatoms. The SMILES string of the molecule is CC(C)CNC(=O)CN1CCC(C(=O)O)C1C. The fraction of sp³-hybridized carbons (Fsp3) is 0.833. The monoisotopic (exact) mass is 242 g/mol. The largest absolute Gasteiger partial charge is 0.481 e. The molecule has 0 aromatic carbocycles. The minimum Gasteiger partial charge on any atom is -0.481 e. The van der Waals surface area contributed by atoms with Gasteiger partial charge in [0.25, 0.3) is 0 Å². The Morgan fingerprint density at radius 1 is 1.47 bits per heavy atom. The van der Waals surface area contributed by atoms with Gasteiger partial charge in [-0.2, -0.15) is 0 Å². The van der Waals surface area contributed by atoms with Gasteiger partial charge >= 0.3 is 5.97 Å². The Labute approximate surface area is 102 Å². The molecule has 1 aliphatic heterocycles. The fourth-order valence-electron chi connectivity index (χ4n) is 2.12. The van der Waals surface area contributed by atoms with E-state index in [0.717, 1.165) is 0 Å². The first kappa shape index (κ1) is 14.0. The molecule has 17 heavy (non-hydrogen) atoms. The summed E-state index contributed by atoms with van der Waals surface area (Å²) in [6.45, 7) is 7.62. The molecule has 0 spiro atoms. The van der Waals surface area contributed by atoms with Crippen molar-refractivity contribution < 1.29 is 14.7 Å². The number of amides is 1. The predicted octanol–water partition coefficient (Wildman–Crippen LogP) is 0.554. The Morgan fingerprint density at radius 2 is 2.12 bits per heavy atom. The van der Waals surface area contributed by atoms with E-state index in [-0.39, 0.29) is 17.9 Å². The summed E-state index contributed by atoms with van der Waals surface area (Å²) in [6, 6.07) is -0.0581. The zero-order valence-electron chi connectivity index (χ0n) is 10.8. The van der Waals surface area contributed by atoms with Gasteiger partial charge in [-0.3, -0.25) is 14.5 Å². The van der Waals surface area contributed by atoms with Gasteiger partial charge in [-0.15, -0.1) is 0 Å². The molecule has 5 nitrogen and oxygen atoms in total. The zero-order chi connectivity index (χ0) is 13.0. The lowest BCUT2D eigenvalue weighted by Gasteiger charge is -2.22. The molecule has 1 heterocycles. The van der Waals surface area contributed by atoms with Crippen molar-refractivity contribution >= 4 is 11.9 Å². The molecule has 1 rings (SSSR count). The normalized spacial score (nSPS) is 25.2. The molecule has 1 fully saturated rings. The van der Waals surface area contributed by atoms with Gasteiger partial charge in [0.2, 0.25) is 5.91 Å². The number of hydrogen-bond donors (Lipinski definition) is 2. The molecule has 2 atom stereocenters. The Hall–Kier alpha value is -1.10. The standard InChI is InChI=1S/C12H22N2O3/c1-8(2)6-13-11(15)7-14-5-4-10(9(14)3)12(16)17/h8-10H,4-7H2,1-3H3,(H,13,15)(H,16,17). The molecule has 2 N–H and O–H groups in total. The quantitative estimate of drug-likeness (QED) is 0.739. The van der Waals surface area contributed by atoms with Crippen LogP contribution < -0.4 is 5.32 Å². The van der Waals surface area contributed by atoms with E-state index < -0.39 is 5.97 Å². The van der Waals surface area contributed by atoms with Gasteiger partial charge in [-0.25, -0.2) is 0 Å². The van der Waals surface area contributed by atoms with Crippen LogP contribution in [0.25, 0.3) is 0 Å². The van der Waals surface area contributed by atoms with E-state index in [1.165, 1.54) is 0 Å². The van der Waals surface area contributed by atoms with Crippen molar-refractivity contribution in [3.63, 3.8) is 0 Å². The van der Waals surface area contributed by atoms with E-state index in [0.29, 0.717) is 32.0 Å². The fourth-order valence-corrected chi connectivity index (χ4v) is 2.12. The molecule has 0 radical (unpaired) electrons. The predicted molar refractivity (Wildman–Crippen MR) is 64.6 cm³/mol. The van der Waals surface area contributed by atoms with E-state index in [2.05, 4.69) is 5.32 Å². The second-order valence-corrected chi connectivity index (χ2v) is 5.14. The number of carbonyl (C=O) groups is 2. The van der Waals surface area contributed by atoms with Crippen molar-refractivity contribution in [3.05, 3.63) is 0 Å². The summed E-state index contributed by atoms with van der Waals surface area (Å²) in [5.74, 6) is -0.686. The van der Waals surface area contributed by atoms with Crippen LogP contribution in [0, 0.1) is 11.8 Å². The van der Waals surface area contributed by atoms with Crippen LogP contribution in [0.2, 0.25) is 0 Å². The summed E-state index contributed by atoms with van der Waals surface area (Å²) in [4.78, 5) is 24.5. The first-order valence-corrected chi connectivity index (χ1v) is 6.15. The van der Waals surface area contributed by atoms with E-state index >= 15 is 0 Å². The molecule has 0 aromatic heterocycles. The third kappa shape index (κ3) is 4.00. The van der Waals surface area contributed by atoms with Crippen LogP contribution in [0.1, 0.15) is 27.2 Å². The lowest BCUT2D eigenvalue weighted by Crippen LogP contribution is -2.41. The van der Waals surface area contributed by atoms with Gasteiger partial charge in [0.05, 0.1) is 12.5 Å². The van der Waals surface area contributed by atoms with Crippen molar-refractivity contribution in [1.82, 2.24) is 10.2 Å². The molecule has 0 saturated carbocycles. The van der Waals surface area contributed by atoms with Gasteiger partial charge in [-0.05, 0) is 25.8 Å². The third-order valence-corrected chi connectivity index (χ3v) is 3.26. The number of carboxylic acid groups (broad SMARTS) is 1. The molecule has 1 aliphatic rings. The lowest BCUT2D eigenvalue weighted by atomic mass is 10.0. The van der Waals surface area contributed by atoms with Gasteiger partial charge < -0.3 is 10.4 Å². The summed E-state index contributed by atoms with van der Waals surface area (Å²) in [5, 5.41) is 11.8. The number of hydrogen-bond acceptors (Lipinski definition) is 3. The van der Waals surface area contributed by atoms with Crippen molar-refractivity contribution in [1.29, 1.82) is 0 Å². The molecule has 0 aromatic rings. The maximum atomic E-state index is 11.6. The van der Waals surface area contributed by atoms with Crippen molar-refractivity contribution in [2.45, 2.75) is 33.2 Å². The summed E-state index contributed by atoms with van der Waals surface area (Å²) in [5.41, 5.74) is 0. The molecular weight excluding hydrogens is 220 g/mol. The first-order valence-electron chi connectivity index (χ1n) is 6.15. The number of rotatable bonds is 5. The van der Waals surface area contributed by atoms with E-state index in [4.69, 9.17) is 5.11 Å². The zero-order valence-corrected chi connectivity index (χ0v) is 10.8. The lowest BCUT2D eigenvalue weighted by molar-refractivity contribution is -0.142. The number of nitrogens with one attached hydrogen (secondary N) is 1. The number of carbonyl (C=O) groups excluding carboxylic acids is 1. The number of aliphatic carboxylic acids is 1. The second kappa shape index (κ2) is 6.00. The average Bonchev–Trinajstić information content (AvgIpc) is 2.58. The minimum absolute atomic E-state index is 0.0170. The molecule has 0 aliphatic carbocycles. The Balaban J connectivity index is 2.38. The molecule has 0 bridgehead atoms.